The van der Waals surface area contributed by atoms with Crippen LogP contribution in [0.4, 0.5) is 0 Å². The Labute approximate surface area is 96.0 Å². The molecule has 2 N–H and O–H groups in total. The first kappa shape index (κ1) is 13.2. The summed E-state index contributed by atoms with van der Waals surface area (Å²) >= 11 is 0. The molecule has 0 saturated heterocycles. The van der Waals surface area contributed by atoms with Gasteiger partial charge < -0.3 is 15.2 Å². The molecule has 0 bridgehead atoms. The first-order chi connectivity index (χ1) is 7.42. The zero-order valence-electron chi connectivity index (χ0n) is 9.50. The van der Waals surface area contributed by atoms with Gasteiger partial charge >= 0.3 is 0 Å². The van der Waals surface area contributed by atoms with E-state index < -0.39 is 13.4 Å². The molecule has 1 aromatic rings. The van der Waals surface area contributed by atoms with Crippen LogP contribution in [0.25, 0.3) is 0 Å². The van der Waals surface area contributed by atoms with Crippen LogP contribution in [0.15, 0.2) is 30.3 Å². The molecule has 0 aliphatic rings. The van der Waals surface area contributed by atoms with Crippen LogP contribution in [0.5, 0.6) is 5.75 Å². The summed E-state index contributed by atoms with van der Waals surface area (Å²) in [5.41, 5.74) is 5.60. The Morgan fingerprint density at radius 2 is 1.94 bits per heavy atom. The van der Waals surface area contributed by atoms with Crippen molar-refractivity contribution in [1.82, 2.24) is 0 Å². The lowest BCUT2D eigenvalue weighted by Gasteiger charge is -2.30. The monoisotopic (exact) mass is 242 g/mol. The van der Waals surface area contributed by atoms with Crippen molar-refractivity contribution in [3.05, 3.63) is 30.3 Å². The van der Waals surface area contributed by atoms with Crippen LogP contribution in [0, 0.1) is 5.92 Å². The third-order valence-electron chi connectivity index (χ3n) is 2.09. The van der Waals surface area contributed by atoms with Gasteiger partial charge in [0.05, 0.1) is 5.78 Å². The number of para-hydroxylation sites is 1. The fourth-order valence-corrected chi connectivity index (χ4v) is 2.54. The van der Waals surface area contributed by atoms with Gasteiger partial charge in [-0.05, 0) is 24.5 Å². The zero-order valence-corrected chi connectivity index (χ0v) is 10.4. The molecule has 2 unspecified atom stereocenters. The predicted molar refractivity (Wildman–Crippen MR) is 62.1 cm³/mol. The van der Waals surface area contributed by atoms with Gasteiger partial charge in [0.1, 0.15) is 5.75 Å². The molecule has 5 heteroatoms. The van der Waals surface area contributed by atoms with Crippen LogP contribution in [0.1, 0.15) is 20.3 Å². The van der Waals surface area contributed by atoms with Gasteiger partial charge in [0.15, 0.2) is 0 Å². The highest BCUT2D eigenvalue weighted by atomic mass is 31.2. The lowest BCUT2D eigenvalue weighted by atomic mass is 10.1. The van der Waals surface area contributed by atoms with E-state index in [2.05, 4.69) is 0 Å². The molecule has 2 atom stereocenters. The Balaban J connectivity index is 2.68. The normalized spacial score (nSPS) is 16.8. The minimum absolute atomic E-state index is 0.219. The van der Waals surface area contributed by atoms with Gasteiger partial charge in [-0.2, -0.15) is 0 Å². The number of hydrogen-bond donors (Lipinski definition) is 1. The van der Waals surface area contributed by atoms with E-state index >= 15 is 0 Å². The molecule has 16 heavy (non-hydrogen) atoms. The second kappa shape index (κ2) is 5.48. The van der Waals surface area contributed by atoms with E-state index in [1.807, 2.05) is 13.8 Å². The smallest absolute Gasteiger partial charge is 0.200 e. The highest BCUT2D eigenvalue weighted by molar-refractivity contribution is 7.52. The molecule has 0 aliphatic heterocycles. The Morgan fingerprint density at radius 3 is 2.44 bits per heavy atom. The molecule has 0 fully saturated rings. The van der Waals surface area contributed by atoms with Crippen molar-refractivity contribution in [3.63, 3.8) is 0 Å². The van der Waals surface area contributed by atoms with Gasteiger partial charge in [0, 0.05) is 0 Å². The molecule has 0 radical (unpaired) electrons. The molecule has 1 rings (SSSR count). The molecule has 0 aliphatic carbocycles. The van der Waals surface area contributed by atoms with E-state index in [4.69, 9.17) is 10.3 Å². The molecular formula is C11H17NO3P-. The number of benzene rings is 1. The maximum absolute atomic E-state index is 11.7. The van der Waals surface area contributed by atoms with Gasteiger partial charge in [-0.1, -0.05) is 32.0 Å². The van der Waals surface area contributed by atoms with E-state index in [9.17, 15) is 9.46 Å². The number of hydrogen-bond acceptors (Lipinski definition) is 4. The number of rotatable bonds is 5. The molecule has 0 spiro atoms. The summed E-state index contributed by atoms with van der Waals surface area (Å²) in [6.45, 7) is 3.84. The highest BCUT2D eigenvalue weighted by Gasteiger charge is 2.21. The third-order valence-corrected chi connectivity index (χ3v) is 3.58. The summed E-state index contributed by atoms with van der Waals surface area (Å²) in [4.78, 5) is 11.7. The predicted octanol–water partition coefficient (Wildman–Crippen LogP) is 1.95. The Kier molecular flexibility index (Phi) is 4.54. The van der Waals surface area contributed by atoms with Crippen molar-refractivity contribution in [2.24, 2.45) is 11.7 Å². The third kappa shape index (κ3) is 3.97. The Hall–Kier alpha value is -0.830. The summed E-state index contributed by atoms with van der Waals surface area (Å²) in [5.74, 6) is -0.426. The summed E-state index contributed by atoms with van der Waals surface area (Å²) < 4.78 is 16.7. The minimum atomic E-state index is -4.03. The fourth-order valence-electron chi connectivity index (χ4n) is 1.31. The Bertz CT molecular complexity index is 367. The molecule has 4 nitrogen and oxygen atoms in total. The topological polar surface area (TPSA) is 75.4 Å². The van der Waals surface area contributed by atoms with Crippen LogP contribution >= 0.6 is 7.60 Å². The molecule has 90 valence electrons. The van der Waals surface area contributed by atoms with Gasteiger partial charge in [0.25, 0.3) is 0 Å². The summed E-state index contributed by atoms with van der Waals surface area (Å²) in [7, 11) is -4.03. The van der Waals surface area contributed by atoms with Gasteiger partial charge in [-0.3, -0.25) is 4.57 Å². The Morgan fingerprint density at radius 1 is 1.38 bits per heavy atom. The van der Waals surface area contributed by atoms with Crippen LogP contribution in [0.2, 0.25) is 0 Å². The highest BCUT2D eigenvalue weighted by Crippen LogP contribution is 2.43. The first-order valence-corrected chi connectivity index (χ1v) is 6.84. The lowest BCUT2D eigenvalue weighted by molar-refractivity contribution is -0.193. The van der Waals surface area contributed by atoms with Gasteiger partial charge in [0.2, 0.25) is 7.60 Å². The molecule has 0 amide bonds. The van der Waals surface area contributed by atoms with Crippen LogP contribution in [-0.2, 0) is 4.57 Å². The molecule has 0 saturated carbocycles. The van der Waals surface area contributed by atoms with Gasteiger partial charge in [-0.15, -0.1) is 0 Å². The van der Waals surface area contributed by atoms with E-state index in [0.717, 1.165) is 0 Å². The van der Waals surface area contributed by atoms with Crippen molar-refractivity contribution < 1.29 is 14.0 Å². The van der Waals surface area contributed by atoms with Crippen molar-refractivity contribution in [2.45, 2.75) is 26.1 Å². The quantitative estimate of drug-likeness (QED) is 0.801. The SMILES string of the molecule is CC(C)CC(N)P(=O)([O-])Oc1ccccc1. The molecule has 0 aromatic heterocycles. The minimum Gasteiger partial charge on any atom is -0.768 e. The maximum Gasteiger partial charge on any atom is 0.200 e. The first-order valence-electron chi connectivity index (χ1n) is 5.23. The molecule has 1 aromatic carbocycles. The second-order valence-electron chi connectivity index (χ2n) is 4.14. The van der Waals surface area contributed by atoms with Crippen LogP contribution < -0.4 is 15.2 Å². The van der Waals surface area contributed by atoms with E-state index in [1.54, 1.807) is 30.3 Å². The zero-order chi connectivity index (χ0) is 12.2. The average molecular weight is 242 g/mol. The van der Waals surface area contributed by atoms with Crippen molar-refractivity contribution >= 4 is 7.60 Å². The van der Waals surface area contributed by atoms with Crippen LogP contribution in [0.3, 0.4) is 0 Å². The van der Waals surface area contributed by atoms with E-state index in [1.165, 1.54) is 0 Å². The largest absolute Gasteiger partial charge is 0.768 e. The summed E-state index contributed by atoms with van der Waals surface area (Å²) in [6, 6.07) is 8.39. The standard InChI is InChI=1S/C11H18NO3P/c1-9(2)8-11(12)16(13,14)15-10-6-4-3-5-7-10/h3-7,9,11H,8,12H2,1-2H3,(H,13,14)/p-1. The van der Waals surface area contributed by atoms with Crippen molar-refractivity contribution in [3.8, 4) is 5.75 Å². The fraction of sp³-hybridized carbons (Fsp3) is 0.455. The van der Waals surface area contributed by atoms with Gasteiger partial charge in [-0.25, -0.2) is 0 Å². The van der Waals surface area contributed by atoms with E-state index in [-0.39, 0.29) is 5.92 Å². The molecular weight excluding hydrogens is 225 g/mol. The average Bonchev–Trinajstić information content (AvgIpc) is 2.17. The van der Waals surface area contributed by atoms with Crippen LogP contribution in [-0.4, -0.2) is 5.78 Å². The van der Waals surface area contributed by atoms with Crippen molar-refractivity contribution in [2.75, 3.05) is 0 Å². The van der Waals surface area contributed by atoms with E-state index in [0.29, 0.717) is 12.2 Å². The summed E-state index contributed by atoms with van der Waals surface area (Å²) in [5, 5.41) is 0. The maximum atomic E-state index is 11.7. The lowest BCUT2D eigenvalue weighted by Crippen LogP contribution is -2.30. The second-order valence-corrected chi connectivity index (χ2v) is 6.07. The number of nitrogens with two attached hydrogens (primary N) is 1. The van der Waals surface area contributed by atoms with Crippen molar-refractivity contribution in [1.29, 1.82) is 0 Å². The summed E-state index contributed by atoms with van der Waals surface area (Å²) in [6.07, 6.45) is 0.396. The molecule has 0 heterocycles.